The minimum Gasteiger partial charge on any atom is -0.462 e. The second kappa shape index (κ2) is 34.9. The third-order valence-corrected chi connectivity index (χ3v) is 9.46. The smallest absolute Gasteiger partial charge is 0.462 e. The lowest BCUT2D eigenvalue weighted by atomic mass is 10.0. The predicted octanol–water partition coefficient (Wildman–Crippen LogP) is 10.5. The van der Waals surface area contributed by atoms with Crippen molar-refractivity contribution in [2.75, 3.05) is 26.4 Å². The Bertz CT molecular complexity index is 754. The summed E-state index contributed by atoms with van der Waals surface area (Å²) in [5, 5.41) is 0. The molecule has 0 saturated heterocycles. The summed E-state index contributed by atoms with van der Waals surface area (Å²) in [4.78, 5) is 34.9. The van der Waals surface area contributed by atoms with Crippen molar-refractivity contribution in [2.24, 2.45) is 5.73 Å². The molecule has 3 N–H and O–H groups in total. The first kappa shape index (κ1) is 46.0. The van der Waals surface area contributed by atoms with Crippen molar-refractivity contribution in [3.63, 3.8) is 0 Å². The van der Waals surface area contributed by atoms with Crippen molar-refractivity contribution in [3.8, 4) is 0 Å². The van der Waals surface area contributed by atoms with Gasteiger partial charge in [0.05, 0.1) is 13.2 Å². The number of unbranched alkanes of at least 4 members (excludes halogenated alkanes) is 23. The molecule has 0 radical (unpaired) electrons. The molecule has 0 aliphatic carbocycles. The zero-order valence-corrected chi connectivity index (χ0v) is 31.4. The van der Waals surface area contributed by atoms with Gasteiger partial charge in [-0.15, -0.1) is 0 Å². The molecular formula is C37H74NO8P. The van der Waals surface area contributed by atoms with Crippen LogP contribution < -0.4 is 5.73 Å². The molecule has 47 heavy (non-hydrogen) atoms. The lowest BCUT2D eigenvalue weighted by molar-refractivity contribution is -0.161. The van der Waals surface area contributed by atoms with Gasteiger partial charge in [0.1, 0.15) is 6.61 Å². The van der Waals surface area contributed by atoms with E-state index < -0.39 is 26.5 Å². The molecule has 0 aromatic carbocycles. The fourth-order valence-electron chi connectivity index (χ4n) is 5.48. The van der Waals surface area contributed by atoms with E-state index in [9.17, 15) is 19.0 Å². The number of carbonyl (C=O) groups excluding carboxylic acids is 2. The molecule has 0 aromatic rings. The van der Waals surface area contributed by atoms with Crippen LogP contribution in [0.1, 0.15) is 194 Å². The molecular weight excluding hydrogens is 617 g/mol. The molecule has 0 bridgehead atoms. The molecule has 0 fully saturated rings. The highest BCUT2D eigenvalue weighted by Gasteiger charge is 2.26. The van der Waals surface area contributed by atoms with Gasteiger partial charge in [-0.05, 0) is 32.2 Å². The van der Waals surface area contributed by atoms with Crippen molar-refractivity contribution >= 4 is 19.8 Å². The first-order chi connectivity index (χ1) is 22.8. The number of phosphoric acid groups is 1. The average Bonchev–Trinajstić information content (AvgIpc) is 3.05. The Hall–Kier alpha value is -0.990. The van der Waals surface area contributed by atoms with Crippen LogP contribution in [0.2, 0.25) is 0 Å². The number of carbonyl (C=O) groups is 2. The van der Waals surface area contributed by atoms with E-state index in [1.165, 1.54) is 116 Å². The SMILES string of the molecule is CCCCCCCCCCCCCCCC(=O)O[C@@H](COC(=O)CCCCCCCCCCCCC)COP(=O)(O)OCCCCN. The Kier molecular flexibility index (Phi) is 34.1. The van der Waals surface area contributed by atoms with E-state index in [1.54, 1.807) is 0 Å². The molecule has 0 rings (SSSR count). The maximum absolute atomic E-state index is 12.6. The van der Waals surface area contributed by atoms with Gasteiger partial charge in [0, 0.05) is 12.8 Å². The number of phosphoric ester groups is 1. The van der Waals surface area contributed by atoms with Crippen LogP contribution in [0.5, 0.6) is 0 Å². The lowest BCUT2D eigenvalue weighted by Crippen LogP contribution is -2.29. The van der Waals surface area contributed by atoms with E-state index in [0.717, 1.165) is 32.1 Å². The fourth-order valence-corrected chi connectivity index (χ4v) is 6.27. The summed E-state index contributed by atoms with van der Waals surface area (Å²) in [6, 6.07) is 0. The highest BCUT2D eigenvalue weighted by molar-refractivity contribution is 7.47. The summed E-state index contributed by atoms with van der Waals surface area (Å²) < 4.78 is 33.2. The van der Waals surface area contributed by atoms with Crippen LogP contribution in [-0.4, -0.2) is 49.3 Å². The Morgan fingerprint density at radius 3 is 1.38 bits per heavy atom. The second-order valence-corrected chi connectivity index (χ2v) is 14.6. The second-order valence-electron chi connectivity index (χ2n) is 13.2. The average molecular weight is 692 g/mol. The van der Waals surface area contributed by atoms with Crippen molar-refractivity contribution < 1.29 is 37.6 Å². The van der Waals surface area contributed by atoms with Gasteiger partial charge in [-0.3, -0.25) is 18.6 Å². The summed E-state index contributed by atoms with van der Waals surface area (Å²) in [6.07, 6.45) is 29.7. The Balaban J connectivity index is 4.32. The predicted molar refractivity (Wildman–Crippen MR) is 192 cm³/mol. The minimum absolute atomic E-state index is 0.0302. The Labute approximate surface area is 288 Å². The number of hydrogen-bond donors (Lipinski definition) is 2. The van der Waals surface area contributed by atoms with Crippen LogP contribution in [-0.2, 0) is 32.7 Å². The van der Waals surface area contributed by atoms with Gasteiger partial charge in [0.2, 0.25) is 0 Å². The molecule has 2 atom stereocenters. The maximum Gasteiger partial charge on any atom is 0.472 e. The van der Waals surface area contributed by atoms with Gasteiger partial charge in [0.15, 0.2) is 6.10 Å². The van der Waals surface area contributed by atoms with Crippen LogP contribution >= 0.6 is 7.82 Å². The minimum atomic E-state index is -4.34. The molecule has 0 aliphatic heterocycles. The molecule has 280 valence electrons. The summed E-state index contributed by atoms with van der Waals surface area (Å²) in [5.41, 5.74) is 5.45. The molecule has 0 saturated carbocycles. The number of ether oxygens (including phenoxy) is 2. The van der Waals surface area contributed by atoms with Gasteiger partial charge in [-0.2, -0.15) is 0 Å². The standard InChI is InChI=1S/C37H74NO8P/c1-3-5-7-9-11-13-15-16-18-20-22-24-26-30-37(40)46-35(34-45-47(41,42)44-32-28-27-31-38)33-43-36(39)29-25-23-21-19-17-14-12-10-8-6-4-2/h35H,3-34,38H2,1-2H3,(H,41,42)/t35-/m0/s1. The van der Waals surface area contributed by atoms with Gasteiger partial charge in [-0.1, -0.05) is 155 Å². The van der Waals surface area contributed by atoms with Crippen molar-refractivity contribution in [1.82, 2.24) is 0 Å². The monoisotopic (exact) mass is 692 g/mol. The third-order valence-electron chi connectivity index (χ3n) is 8.47. The lowest BCUT2D eigenvalue weighted by Gasteiger charge is -2.20. The Morgan fingerprint density at radius 2 is 0.957 bits per heavy atom. The molecule has 10 heteroatoms. The normalized spacial score (nSPS) is 13.4. The van der Waals surface area contributed by atoms with Gasteiger partial charge in [-0.25, -0.2) is 4.57 Å². The van der Waals surface area contributed by atoms with E-state index in [1.807, 2.05) is 0 Å². The summed E-state index contributed by atoms with van der Waals surface area (Å²) in [6.45, 7) is 4.34. The molecule has 0 aliphatic rings. The molecule has 0 spiro atoms. The zero-order valence-electron chi connectivity index (χ0n) is 30.5. The summed E-state index contributed by atoms with van der Waals surface area (Å²) in [5.74, 6) is -0.802. The Morgan fingerprint density at radius 1 is 0.553 bits per heavy atom. The molecule has 0 amide bonds. The first-order valence-corrected chi connectivity index (χ1v) is 21.0. The number of esters is 2. The van der Waals surface area contributed by atoms with Crippen LogP contribution in [0.25, 0.3) is 0 Å². The van der Waals surface area contributed by atoms with Gasteiger partial charge in [0.25, 0.3) is 0 Å². The van der Waals surface area contributed by atoms with E-state index >= 15 is 0 Å². The third kappa shape index (κ3) is 34.7. The summed E-state index contributed by atoms with van der Waals surface area (Å²) >= 11 is 0. The number of hydrogen-bond acceptors (Lipinski definition) is 8. The fraction of sp³-hybridized carbons (Fsp3) is 0.946. The zero-order chi connectivity index (χ0) is 34.7. The van der Waals surface area contributed by atoms with Crippen LogP contribution in [0.15, 0.2) is 0 Å². The van der Waals surface area contributed by atoms with Gasteiger partial charge >= 0.3 is 19.8 Å². The van der Waals surface area contributed by atoms with Gasteiger partial charge < -0.3 is 20.1 Å². The largest absolute Gasteiger partial charge is 0.472 e. The van der Waals surface area contributed by atoms with Crippen LogP contribution in [0, 0.1) is 0 Å². The quantitative estimate of drug-likeness (QED) is 0.0371. The number of nitrogens with two attached hydrogens (primary N) is 1. The van der Waals surface area contributed by atoms with Crippen molar-refractivity contribution in [1.29, 1.82) is 0 Å². The van der Waals surface area contributed by atoms with Crippen LogP contribution in [0.3, 0.4) is 0 Å². The van der Waals surface area contributed by atoms with E-state index in [0.29, 0.717) is 32.2 Å². The van der Waals surface area contributed by atoms with E-state index in [4.69, 9.17) is 24.3 Å². The van der Waals surface area contributed by atoms with Crippen molar-refractivity contribution in [2.45, 2.75) is 200 Å². The number of rotatable bonds is 37. The molecule has 1 unspecified atom stereocenters. The van der Waals surface area contributed by atoms with Crippen molar-refractivity contribution in [3.05, 3.63) is 0 Å². The first-order valence-electron chi connectivity index (χ1n) is 19.5. The van der Waals surface area contributed by atoms with E-state index in [-0.39, 0.29) is 25.6 Å². The molecule has 9 nitrogen and oxygen atoms in total. The molecule has 0 aromatic heterocycles. The highest BCUT2D eigenvalue weighted by Crippen LogP contribution is 2.43. The maximum atomic E-state index is 12.6. The topological polar surface area (TPSA) is 134 Å². The molecule has 0 heterocycles. The highest BCUT2D eigenvalue weighted by atomic mass is 31.2. The van der Waals surface area contributed by atoms with Crippen LogP contribution in [0.4, 0.5) is 0 Å². The van der Waals surface area contributed by atoms with E-state index in [2.05, 4.69) is 13.8 Å². The summed E-state index contributed by atoms with van der Waals surface area (Å²) in [7, 11) is -4.34.